The van der Waals surface area contributed by atoms with Gasteiger partial charge in [0.15, 0.2) is 0 Å². The van der Waals surface area contributed by atoms with Crippen LogP contribution in [0.3, 0.4) is 0 Å². The van der Waals surface area contributed by atoms with Gasteiger partial charge in [-0.05, 0) is 32.2 Å². The Kier molecular flexibility index (Phi) is 5.40. The van der Waals surface area contributed by atoms with Crippen molar-refractivity contribution in [2.75, 3.05) is 26.8 Å². The van der Waals surface area contributed by atoms with E-state index in [9.17, 15) is 0 Å². The van der Waals surface area contributed by atoms with Gasteiger partial charge in [-0.25, -0.2) is 0 Å². The maximum Gasteiger partial charge on any atom is 0.0963 e. The maximum absolute atomic E-state index is 7.53. The summed E-state index contributed by atoms with van der Waals surface area (Å²) in [7, 11) is 1.75. The van der Waals surface area contributed by atoms with Crippen LogP contribution in [0.2, 0.25) is 0 Å². The van der Waals surface area contributed by atoms with Crippen LogP contribution in [-0.4, -0.2) is 43.6 Å². The van der Waals surface area contributed by atoms with Crippen molar-refractivity contribution in [2.24, 2.45) is 11.1 Å². The van der Waals surface area contributed by atoms with E-state index in [0.29, 0.717) is 5.84 Å². The Bertz CT molecular complexity index is 249. The molecule has 0 aromatic carbocycles. The molecule has 0 spiro atoms. The number of hydrogen-bond acceptors (Lipinski definition) is 3. The topological polar surface area (TPSA) is 62.3 Å². The largest absolute Gasteiger partial charge is 0.387 e. The zero-order valence-corrected chi connectivity index (χ0v) is 11.5. The lowest BCUT2D eigenvalue weighted by molar-refractivity contribution is 0.140. The molecule has 0 heterocycles. The molecule has 100 valence electrons. The summed E-state index contributed by atoms with van der Waals surface area (Å²) in [5.74, 6) is 0.298. The Balaban J connectivity index is 2.24. The monoisotopic (exact) mass is 241 g/mol. The van der Waals surface area contributed by atoms with Gasteiger partial charge in [-0.15, -0.1) is 0 Å². The van der Waals surface area contributed by atoms with Gasteiger partial charge < -0.3 is 10.5 Å². The third kappa shape index (κ3) is 5.04. The van der Waals surface area contributed by atoms with Crippen LogP contribution in [0.4, 0.5) is 0 Å². The summed E-state index contributed by atoms with van der Waals surface area (Å²) in [4.78, 5) is 2.51. The van der Waals surface area contributed by atoms with Crippen LogP contribution >= 0.6 is 0 Å². The fraction of sp³-hybridized carbons (Fsp3) is 0.923. The van der Waals surface area contributed by atoms with Crippen molar-refractivity contribution >= 4 is 5.84 Å². The van der Waals surface area contributed by atoms with E-state index in [1.54, 1.807) is 7.11 Å². The van der Waals surface area contributed by atoms with Crippen LogP contribution in [0.1, 0.15) is 39.5 Å². The molecule has 1 saturated carbocycles. The van der Waals surface area contributed by atoms with Gasteiger partial charge in [0, 0.05) is 25.1 Å². The zero-order valence-electron chi connectivity index (χ0n) is 11.5. The molecule has 0 radical (unpaired) electrons. The molecule has 1 aliphatic rings. The molecule has 0 saturated heterocycles. The predicted molar refractivity (Wildman–Crippen MR) is 71.4 cm³/mol. The molecule has 1 aliphatic carbocycles. The average Bonchev–Trinajstić information content (AvgIpc) is 3.06. The molecular weight excluding hydrogens is 214 g/mol. The summed E-state index contributed by atoms with van der Waals surface area (Å²) >= 11 is 0. The summed E-state index contributed by atoms with van der Waals surface area (Å²) in [6, 6.07) is 0.783. The average molecular weight is 241 g/mol. The molecule has 0 amide bonds. The minimum Gasteiger partial charge on any atom is -0.387 e. The van der Waals surface area contributed by atoms with E-state index in [-0.39, 0.29) is 5.41 Å². The van der Waals surface area contributed by atoms with Crippen molar-refractivity contribution in [1.82, 2.24) is 4.90 Å². The van der Waals surface area contributed by atoms with E-state index in [4.69, 9.17) is 15.9 Å². The van der Waals surface area contributed by atoms with Crippen LogP contribution in [0.15, 0.2) is 0 Å². The van der Waals surface area contributed by atoms with E-state index in [1.807, 2.05) is 13.8 Å². The molecule has 0 aromatic heterocycles. The van der Waals surface area contributed by atoms with Crippen LogP contribution in [-0.2, 0) is 4.74 Å². The number of methoxy groups -OCH3 is 1. The highest BCUT2D eigenvalue weighted by molar-refractivity contribution is 5.82. The molecule has 1 rings (SSSR count). The molecule has 0 aliphatic heterocycles. The molecule has 0 unspecified atom stereocenters. The number of amidine groups is 1. The fourth-order valence-electron chi connectivity index (χ4n) is 1.98. The first-order chi connectivity index (χ1) is 7.97. The van der Waals surface area contributed by atoms with Gasteiger partial charge in [-0.2, -0.15) is 0 Å². The van der Waals surface area contributed by atoms with Crippen molar-refractivity contribution in [2.45, 2.75) is 45.6 Å². The van der Waals surface area contributed by atoms with E-state index in [2.05, 4.69) is 4.90 Å². The van der Waals surface area contributed by atoms with Gasteiger partial charge in [0.2, 0.25) is 0 Å². The lowest BCUT2D eigenvalue weighted by atomic mass is 9.86. The summed E-state index contributed by atoms with van der Waals surface area (Å²) in [6.07, 6.45) is 4.75. The highest BCUT2D eigenvalue weighted by Crippen LogP contribution is 2.28. The quantitative estimate of drug-likeness (QED) is 0.478. The van der Waals surface area contributed by atoms with Gasteiger partial charge in [0.25, 0.3) is 0 Å². The second-order valence-electron chi connectivity index (χ2n) is 5.66. The highest BCUT2D eigenvalue weighted by atomic mass is 16.5. The third-order valence-corrected chi connectivity index (χ3v) is 3.62. The number of hydrogen-bond donors (Lipinski definition) is 2. The Morgan fingerprint density at radius 1 is 1.41 bits per heavy atom. The van der Waals surface area contributed by atoms with E-state index < -0.39 is 0 Å². The summed E-state index contributed by atoms with van der Waals surface area (Å²) in [6.45, 7) is 7.04. The van der Waals surface area contributed by atoms with Crippen LogP contribution in [0, 0.1) is 10.8 Å². The number of rotatable bonds is 9. The SMILES string of the molecule is COCCN(CCCC(C)(C)C(=N)N)C1CC1. The number of nitrogens with zero attached hydrogens (tertiary/aromatic N) is 1. The highest BCUT2D eigenvalue weighted by Gasteiger charge is 2.29. The second-order valence-corrected chi connectivity index (χ2v) is 5.66. The van der Waals surface area contributed by atoms with Gasteiger partial charge in [0.1, 0.15) is 0 Å². The van der Waals surface area contributed by atoms with Crippen LogP contribution in [0.5, 0.6) is 0 Å². The zero-order chi connectivity index (χ0) is 12.9. The van der Waals surface area contributed by atoms with Gasteiger partial charge in [0.05, 0.1) is 12.4 Å². The Morgan fingerprint density at radius 3 is 2.53 bits per heavy atom. The molecule has 0 aromatic rings. The Hall–Kier alpha value is -0.610. The lowest BCUT2D eigenvalue weighted by Gasteiger charge is -2.26. The first-order valence-corrected chi connectivity index (χ1v) is 6.55. The normalized spacial score (nSPS) is 16.5. The Morgan fingerprint density at radius 2 is 2.06 bits per heavy atom. The lowest BCUT2D eigenvalue weighted by Crippen LogP contribution is -2.34. The van der Waals surface area contributed by atoms with Gasteiger partial charge in [-0.3, -0.25) is 10.3 Å². The second kappa shape index (κ2) is 6.36. The van der Waals surface area contributed by atoms with E-state index in [1.165, 1.54) is 12.8 Å². The summed E-state index contributed by atoms with van der Waals surface area (Å²) < 4.78 is 5.14. The minimum atomic E-state index is -0.156. The van der Waals surface area contributed by atoms with Crippen molar-refractivity contribution in [1.29, 1.82) is 5.41 Å². The molecular formula is C13H27N3O. The third-order valence-electron chi connectivity index (χ3n) is 3.62. The molecule has 4 heteroatoms. The molecule has 4 nitrogen and oxygen atoms in total. The first kappa shape index (κ1) is 14.5. The summed E-state index contributed by atoms with van der Waals surface area (Å²) in [5, 5.41) is 7.53. The number of nitrogens with two attached hydrogens (primary N) is 1. The van der Waals surface area contributed by atoms with Crippen LogP contribution in [0.25, 0.3) is 0 Å². The van der Waals surface area contributed by atoms with Crippen molar-refractivity contribution in [3.8, 4) is 0 Å². The van der Waals surface area contributed by atoms with E-state index >= 15 is 0 Å². The van der Waals surface area contributed by atoms with Crippen LogP contribution < -0.4 is 5.73 Å². The summed E-state index contributed by atoms with van der Waals surface area (Å²) in [5.41, 5.74) is 5.43. The van der Waals surface area contributed by atoms with Gasteiger partial charge >= 0.3 is 0 Å². The van der Waals surface area contributed by atoms with Crippen molar-refractivity contribution in [3.05, 3.63) is 0 Å². The maximum atomic E-state index is 7.53. The van der Waals surface area contributed by atoms with Crippen molar-refractivity contribution < 1.29 is 4.74 Å². The number of nitrogens with one attached hydrogen (secondary N) is 1. The number of ether oxygens (including phenoxy) is 1. The molecule has 0 bridgehead atoms. The molecule has 3 N–H and O–H groups in total. The fourth-order valence-corrected chi connectivity index (χ4v) is 1.98. The first-order valence-electron chi connectivity index (χ1n) is 6.55. The van der Waals surface area contributed by atoms with E-state index in [0.717, 1.165) is 38.6 Å². The standard InChI is InChI=1S/C13H27N3O/c1-13(2,12(14)15)7-4-8-16(9-10-17-3)11-5-6-11/h11H,4-10H2,1-3H3,(H3,14,15). The minimum absolute atomic E-state index is 0.156. The molecule has 1 fully saturated rings. The van der Waals surface area contributed by atoms with Crippen molar-refractivity contribution in [3.63, 3.8) is 0 Å². The van der Waals surface area contributed by atoms with Gasteiger partial charge in [-0.1, -0.05) is 13.8 Å². The smallest absolute Gasteiger partial charge is 0.0963 e. The Labute approximate surface area is 105 Å². The molecule has 17 heavy (non-hydrogen) atoms. The predicted octanol–water partition coefficient (Wildman–Crippen LogP) is 1.84. The molecule has 0 atom stereocenters.